The summed E-state index contributed by atoms with van der Waals surface area (Å²) in [7, 11) is 0. The standard InChI is InChI=1S/C16H14FN3O5/c17-11-3-5-13(14(10-11)20(23)24)19-16(22)7-8-18-15(21)6-4-12-2-1-9-25-12/h1-6,9-10H,7-8H2,(H,18,21)(H,19,22). The number of rotatable bonds is 7. The second kappa shape index (κ2) is 8.39. The predicted octanol–water partition coefficient (Wildman–Crippen LogP) is 2.49. The van der Waals surface area contributed by atoms with E-state index in [1.807, 2.05) is 0 Å². The van der Waals surface area contributed by atoms with Crippen LogP contribution < -0.4 is 10.6 Å². The van der Waals surface area contributed by atoms with E-state index >= 15 is 0 Å². The van der Waals surface area contributed by atoms with E-state index < -0.39 is 28.2 Å². The first-order valence-electron chi connectivity index (χ1n) is 7.19. The van der Waals surface area contributed by atoms with Crippen molar-refractivity contribution in [3.63, 3.8) is 0 Å². The first kappa shape index (κ1) is 17.9. The summed E-state index contributed by atoms with van der Waals surface area (Å²) in [5.74, 6) is -1.24. The van der Waals surface area contributed by atoms with Gasteiger partial charge < -0.3 is 15.1 Å². The zero-order valence-corrected chi connectivity index (χ0v) is 12.9. The summed E-state index contributed by atoms with van der Waals surface area (Å²) < 4.78 is 18.1. The Bertz CT molecular complexity index is 802. The third-order valence-corrected chi connectivity index (χ3v) is 3.02. The molecule has 2 rings (SSSR count). The lowest BCUT2D eigenvalue weighted by Gasteiger charge is -2.06. The summed E-state index contributed by atoms with van der Waals surface area (Å²) in [5, 5.41) is 15.6. The fourth-order valence-electron chi connectivity index (χ4n) is 1.88. The number of benzene rings is 1. The molecule has 2 N–H and O–H groups in total. The largest absolute Gasteiger partial charge is 0.465 e. The second-order valence-electron chi connectivity index (χ2n) is 4.86. The van der Waals surface area contributed by atoms with Crippen LogP contribution in [0, 0.1) is 15.9 Å². The second-order valence-corrected chi connectivity index (χ2v) is 4.86. The van der Waals surface area contributed by atoms with Crippen molar-refractivity contribution < 1.29 is 23.3 Å². The predicted molar refractivity (Wildman–Crippen MR) is 87.1 cm³/mol. The van der Waals surface area contributed by atoms with Crippen molar-refractivity contribution >= 4 is 29.3 Å². The Balaban J connectivity index is 1.81. The normalized spacial score (nSPS) is 10.6. The number of nitro benzene ring substituents is 1. The first-order valence-corrected chi connectivity index (χ1v) is 7.19. The molecule has 1 aromatic heterocycles. The average molecular weight is 347 g/mol. The molecule has 25 heavy (non-hydrogen) atoms. The highest BCUT2D eigenvalue weighted by Crippen LogP contribution is 2.24. The summed E-state index contributed by atoms with van der Waals surface area (Å²) in [6.07, 6.45) is 4.09. The molecular formula is C16H14FN3O5. The molecule has 0 spiro atoms. The van der Waals surface area contributed by atoms with Gasteiger partial charge in [0.2, 0.25) is 11.8 Å². The van der Waals surface area contributed by atoms with Crippen molar-refractivity contribution in [2.75, 3.05) is 11.9 Å². The minimum atomic E-state index is -0.792. The van der Waals surface area contributed by atoms with Crippen molar-refractivity contribution in [2.45, 2.75) is 6.42 Å². The maximum Gasteiger partial charge on any atom is 0.295 e. The number of nitrogens with one attached hydrogen (secondary N) is 2. The molecule has 2 aromatic rings. The quantitative estimate of drug-likeness (QED) is 0.454. The maximum atomic E-state index is 13.0. The van der Waals surface area contributed by atoms with Crippen LogP contribution in [0.3, 0.4) is 0 Å². The van der Waals surface area contributed by atoms with Crippen molar-refractivity contribution in [3.8, 4) is 0 Å². The minimum Gasteiger partial charge on any atom is -0.465 e. The monoisotopic (exact) mass is 347 g/mol. The van der Waals surface area contributed by atoms with Crippen LogP contribution in [-0.4, -0.2) is 23.3 Å². The molecule has 2 amide bonds. The van der Waals surface area contributed by atoms with E-state index in [1.54, 1.807) is 12.1 Å². The van der Waals surface area contributed by atoms with E-state index in [0.29, 0.717) is 5.76 Å². The molecule has 8 nitrogen and oxygen atoms in total. The van der Waals surface area contributed by atoms with Gasteiger partial charge in [-0.05, 0) is 30.3 Å². The summed E-state index contributed by atoms with van der Waals surface area (Å²) in [4.78, 5) is 33.4. The number of nitrogens with zero attached hydrogens (tertiary/aromatic N) is 1. The maximum absolute atomic E-state index is 13.0. The fraction of sp³-hybridized carbons (Fsp3) is 0.125. The number of anilines is 1. The van der Waals surface area contributed by atoms with Gasteiger partial charge in [-0.3, -0.25) is 19.7 Å². The van der Waals surface area contributed by atoms with Gasteiger partial charge in [0.05, 0.1) is 17.3 Å². The molecule has 0 radical (unpaired) electrons. The average Bonchev–Trinajstić information content (AvgIpc) is 3.08. The molecule has 130 valence electrons. The highest BCUT2D eigenvalue weighted by atomic mass is 19.1. The van der Waals surface area contributed by atoms with E-state index in [0.717, 1.165) is 18.2 Å². The lowest BCUT2D eigenvalue weighted by Crippen LogP contribution is -2.26. The third-order valence-electron chi connectivity index (χ3n) is 3.02. The number of carbonyl (C=O) groups is 2. The number of furan rings is 1. The zero-order valence-electron chi connectivity index (χ0n) is 12.9. The number of halogens is 1. The van der Waals surface area contributed by atoms with Gasteiger partial charge in [-0.15, -0.1) is 0 Å². The van der Waals surface area contributed by atoms with Gasteiger partial charge in [0.15, 0.2) is 0 Å². The molecule has 0 saturated carbocycles. The number of hydrogen-bond donors (Lipinski definition) is 2. The summed E-state index contributed by atoms with van der Waals surface area (Å²) in [6, 6.07) is 6.18. The number of hydrogen-bond acceptors (Lipinski definition) is 5. The van der Waals surface area contributed by atoms with E-state index in [9.17, 15) is 24.1 Å². The Hall–Kier alpha value is -3.49. The SMILES string of the molecule is O=C(C=Cc1ccco1)NCCC(=O)Nc1ccc(F)cc1[N+](=O)[O-]. The molecule has 0 aliphatic carbocycles. The summed E-state index contributed by atoms with van der Waals surface area (Å²) in [5.41, 5.74) is -0.654. The first-order chi connectivity index (χ1) is 12.0. The topological polar surface area (TPSA) is 114 Å². The molecule has 1 heterocycles. The van der Waals surface area contributed by atoms with Crippen LogP contribution in [-0.2, 0) is 9.59 Å². The van der Waals surface area contributed by atoms with Gasteiger partial charge in [-0.1, -0.05) is 0 Å². The van der Waals surface area contributed by atoms with Crippen LogP contribution in [0.4, 0.5) is 15.8 Å². The molecule has 0 bridgehead atoms. The lowest BCUT2D eigenvalue weighted by molar-refractivity contribution is -0.384. The fourth-order valence-corrected chi connectivity index (χ4v) is 1.88. The highest BCUT2D eigenvalue weighted by Gasteiger charge is 2.16. The summed E-state index contributed by atoms with van der Waals surface area (Å²) >= 11 is 0. The van der Waals surface area contributed by atoms with Crippen molar-refractivity contribution in [3.05, 3.63) is 64.4 Å². The Labute approximate surface area is 141 Å². The Morgan fingerprint density at radius 3 is 2.80 bits per heavy atom. The van der Waals surface area contributed by atoms with Crippen LogP contribution in [0.2, 0.25) is 0 Å². The molecule has 0 fully saturated rings. The molecule has 0 aliphatic heterocycles. The van der Waals surface area contributed by atoms with Crippen molar-refractivity contribution in [1.29, 1.82) is 0 Å². The molecule has 9 heteroatoms. The summed E-state index contributed by atoms with van der Waals surface area (Å²) in [6.45, 7) is 0.0299. The van der Waals surface area contributed by atoms with E-state index in [-0.39, 0.29) is 18.7 Å². The Kier molecular flexibility index (Phi) is 5.99. The molecule has 0 unspecified atom stereocenters. The Morgan fingerprint density at radius 2 is 2.12 bits per heavy atom. The zero-order chi connectivity index (χ0) is 18.2. The van der Waals surface area contributed by atoms with Gasteiger partial charge >= 0.3 is 0 Å². The highest BCUT2D eigenvalue weighted by molar-refractivity contribution is 5.94. The number of nitro groups is 1. The van der Waals surface area contributed by atoms with E-state index in [4.69, 9.17) is 4.42 Å². The molecule has 0 atom stereocenters. The van der Waals surface area contributed by atoms with E-state index in [1.165, 1.54) is 18.4 Å². The number of carbonyl (C=O) groups excluding carboxylic acids is 2. The van der Waals surface area contributed by atoms with Gasteiger partial charge in [0.25, 0.3) is 5.69 Å². The molecule has 1 aromatic carbocycles. The van der Waals surface area contributed by atoms with Crippen LogP contribution in [0.5, 0.6) is 0 Å². The minimum absolute atomic E-state index is 0.0299. The third kappa shape index (κ3) is 5.57. The van der Waals surface area contributed by atoms with Crippen LogP contribution >= 0.6 is 0 Å². The number of amides is 2. The Morgan fingerprint density at radius 1 is 1.32 bits per heavy atom. The smallest absolute Gasteiger partial charge is 0.295 e. The lowest BCUT2D eigenvalue weighted by atomic mass is 10.2. The molecular weight excluding hydrogens is 333 g/mol. The molecule has 0 aliphatic rings. The van der Waals surface area contributed by atoms with Crippen LogP contribution in [0.1, 0.15) is 12.2 Å². The van der Waals surface area contributed by atoms with Crippen LogP contribution in [0.25, 0.3) is 6.08 Å². The van der Waals surface area contributed by atoms with Crippen molar-refractivity contribution in [2.24, 2.45) is 0 Å². The van der Waals surface area contributed by atoms with Gasteiger partial charge in [-0.2, -0.15) is 0 Å². The van der Waals surface area contributed by atoms with Gasteiger partial charge in [0.1, 0.15) is 17.3 Å². The van der Waals surface area contributed by atoms with Crippen LogP contribution in [0.15, 0.2) is 47.1 Å². The van der Waals surface area contributed by atoms with E-state index in [2.05, 4.69) is 10.6 Å². The molecule has 0 saturated heterocycles. The van der Waals surface area contributed by atoms with Gasteiger partial charge in [-0.25, -0.2) is 4.39 Å². The van der Waals surface area contributed by atoms with Gasteiger partial charge in [0, 0.05) is 19.0 Å². The van der Waals surface area contributed by atoms with Crippen molar-refractivity contribution in [1.82, 2.24) is 5.32 Å².